The molecule has 0 aromatic heterocycles. The highest BCUT2D eigenvalue weighted by Gasteiger charge is 2.25. The van der Waals surface area contributed by atoms with Gasteiger partial charge in [-0.2, -0.15) is 0 Å². The van der Waals surface area contributed by atoms with E-state index in [1.807, 2.05) is 0 Å². The Balaban J connectivity index is 0.000000564. The first-order chi connectivity index (χ1) is 35.3. The Bertz CT molecular complexity index is 2100. The predicted octanol–water partition coefficient (Wildman–Crippen LogP) is 21.7. The molecule has 6 aliphatic rings. The molecule has 0 unspecified atom stereocenters. The number of ether oxygens (including phenoxy) is 2. The van der Waals surface area contributed by atoms with E-state index in [1.54, 1.807) is 19.8 Å². The minimum Gasteiger partial charge on any atom is -0.497 e. The van der Waals surface area contributed by atoms with Crippen LogP contribution in [0.2, 0.25) is 0 Å². The number of allylic oxidation sites excluding steroid dienone is 10. The number of aryl methyl sites for hydroxylation is 1. The largest absolute Gasteiger partial charge is 0.497 e. The molecule has 6 fully saturated rings. The van der Waals surface area contributed by atoms with Crippen LogP contribution in [-0.4, -0.2) is 14.2 Å². The second-order valence-corrected chi connectivity index (χ2v) is 23.5. The molecule has 0 spiro atoms. The topological polar surface area (TPSA) is 18.5 Å². The number of hydrogen-bond donors (Lipinski definition) is 0. The molecule has 9 rings (SSSR count). The summed E-state index contributed by atoms with van der Waals surface area (Å²) >= 11 is 0. The van der Waals surface area contributed by atoms with E-state index in [-0.39, 0.29) is 8.56 Å². The van der Waals surface area contributed by atoms with Gasteiger partial charge in [0, 0.05) is 8.56 Å². The normalized spacial score (nSPS) is 31.3. The van der Waals surface area contributed by atoms with Crippen molar-refractivity contribution in [1.82, 2.24) is 0 Å². The molecule has 402 valence electrons. The Labute approximate surface area is 449 Å². The van der Waals surface area contributed by atoms with Gasteiger partial charge in [0.15, 0.2) is 0 Å². The third-order valence-electron chi connectivity index (χ3n) is 18.6. The van der Waals surface area contributed by atoms with E-state index < -0.39 is 0 Å². The van der Waals surface area contributed by atoms with Gasteiger partial charge in [-0.15, -0.1) is 13.2 Å². The van der Waals surface area contributed by atoms with Crippen LogP contribution in [0.5, 0.6) is 11.5 Å². The fourth-order valence-electron chi connectivity index (χ4n) is 13.4. The lowest BCUT2D eigenvalue weighted by Gasteiger charge is -2.28. The summed E-state index contributed by atoms with van der Waals surface area (Å²) in [7, 11) is 3.47. The van der Waals surface area contributed by atoms with Crippen LogP contribution in [0.1, 0.15) is 210 Å². The molecule has 0 saturated heterocycles. The minimum atomic E-state index is 0. The van der Waals surface area contributed by atoms with E-state index in [4.69, 9.17) is 9.47 Å². The summed E-state index contributed by atoms with van der Waals surface area (Å²) in [4.78, 5) is 0. The van der Waals surface area contributed by atoms with Gasteiger partial charge < -0.3 is 9.47 Å². The van der Waals surface area contributed by atoms with E-state index in [0.717, 1.165) is 82.5 Å². The van der Waals surface area contributed by atoms with Crippen molar-refractivity contribution in [3.8, 4) is 11.5 Å². The zero-order valence-electron chi connectivity index (χ0n) is 45.8. The lowest BCUT2D eigenvalue weighted by Crippen LogP contribution is -2.13. The van der Waals surface area contributed by atoms with Crippen molar-refractivity contribution in [1.29, 1.82) is 0 Å². The molecule has 6 aliphatic carbocycles. The van der Waals surface area contributed by atoms with E-state index in [9.17, 15) is 0 Å². The van der Waals surface area contributed by atoms with Crippen LogP contribution in [0.3, 0.4) is 0 Å². The molecule has 0 bridgehead atoms. The average Bonchev–Trinajstić information content (AvgIpc) is 3.45. The first-order valence-corrected chi connectivity index (χ1v) is 29.6. The maximum absolute atomic E-state index is 5.27. The van der Waals surface area contributed by atoms with Gasteiger partial charge in [-0.25, -0.2) is 0 Å². The van der Waals surface area contributed by atoms with Crippen molar-refractivity contribution >= 4 is 0 Å². The first-order valence-electron chi connectivity index (χ1n) is 29.6. The summed E-state index contributed by atoms with van der Waals surface area (Å²) in [5, 5.41) is 0. The summed E-state index contributed by atoms with van der Waals surface area (Å²) < 4.78 is 10.5. The molecule has 0 atom stereocenters. The quantitative estimate of drug-likeness (QED) is 0.150. The zero-order valence-corrected chi connectivity index (χ0v) is 45.8. The second-order valence-electron chi connectivity index (χ2n) is 23.5. The van der Waals surface area contributed by atoms with Crippen molar-refractivity contribution in [2.24, 2.45) is 53.3 Å². The molecule has 2 nitrogen and oxygen atoms in total. The summed E-state index contributed by atoms with van der Waals surface area (Å²) in [6, 6.07) is 26.6. The zero-order chi connectivity index (χ0) is 50.3. The van der Waals surface area contributed by atoms with Gasteiger partial charge in [-0.1, -0.05) is 115 Å². The monoisotopic (exact) mass is 983 g/mol. The molecular formula is C70H110O2. The van der Waals surface area contributed by atoms with Crippen LogP contribution in [0, 0.1) is 60.2 Å². The molecular weight excluding hydrogens is 873 g/mol. The SMILES string of the molecule is C/C=C/C1CCC(/C=C/C2CCC(c3ccc(OC)cc3)CC2)CC1.C=CC1CCC(/C=C/C2CCC(c3ccc(C)cc3)CC2)CC1.C=CC1CCC(/C=C/C2CCC(c3ccc(OC)cc3)CC2)CC1.[HH].[HH].[HH].[HH].[HH].[HH]. The first kappa shape index (κ1) is 55.5. The van der Waals surface area contributed by atoms with Crippen LogP contribution < -0.4 is 9.47 Å². The van der Waals surface area contributed by atoms with Crippen LogP contribution in [0.15, 0.2) is 147 Å². The number of hydrogen-bond acceptors (Lipinski definition) is 2. The summed E-state index contributed by atoms with van der Waals surface area (Å²) in [6.45, 7) is 12.2. The van der Waals surface area contributed by atoms with Crippen molar-refractivity contribution in [2.45, 2.75) is 186 Å². The van der Waals surface area contributed by atoms with Gasteiger partial charge in [-0.3, -0.25) is 0 Å². The lowest BCUT2D eigenvalue weighted by atomic mass is 9.77. The van der Waals surface area contributed by atoms with Gasteiger partial charge >= 0.3 is 0 Å². The highest BCUT2D eigenvalue weighted by Crippen LogP contribution is 2.41. The Hall–Kier alpha value is -4.30. The summed E-state index contributed by atoms with van der Waals surface area (Å²) in [6.07, 6.45) is 56.7. The van der Waals surface area contributed by atoms with Crippen LogP contribution in [0.4, 0.5) is 0 Å². The van der Waals surface area contributed by atoms with E-state index in [1.165, 1.54) is 171 Å². The number of rotatable bonds is 14. The van der Waals surface area contributed by atoms with Crippen molar-refractivity contribution in [2.75, 3.05) is 14.2 Å². The van der Waals surface area contributed by atoms with Crippen molar-refractivity contribution < 1.29 is 18.0 Å². The Kier molecular flexibility index (Phi) is 23.2. The molecule has 0 aliphatic heterocycles. The van der Waals surface area contributed by atoms with Crippen molar-refractivity contribution in [3.05, 3.63) is 169 Å². The van der Waals surface area contributed by atoms with Crippen LogP contribution in [0.25, 0.3) is 0 Å². The fraction of sp³-hybridized carbons (Fsp3) is 0.571. The summed E-state index contributed by atoms with van der Waals surface area (Å²) in [5.74, 6) is 11.5. The molecule has 6 saturated carbocycles. The molecule has 3 aromatic carbocycles. The van der Waals surface area contributed by atoms with Gasteiger partial charge in [0.05, 0.1) is 14.2 Å². The van der Waals surface area contributed by atoms with Gasteiger partial charge in [-0.05, 0) is 280 Å². The fourth-order valence-corrected chi connectivity index (χ4v) is 13.4. The standard InChI is InChI=1S/C24H34O.C23H32O.C23H32.6H2/c1-3-4-19-5-7-20(8-6-19)9-10-21-11-13-22(14-12-21)23-15-17-24(25-2)18-16-23;1-3-18-4-6-19(7-5-18)8-9-20-10-12-21(13-11-20)22-14-16-23(24-2)17-15-22;1-3-19-6-8-20(9-7-19)10-11-21-12-16-23(17-13-21)22-14-4-18(2)5-15-22;;;;;;/h3-4,9-10,15-22H,5-8,11-14H2,1-2H3;3,8-9,14-21H,1,4-7,10-13H2,2H3;3-5,10-11,14-15,19-21,23H,1,6-9,12-13,16-17H2,2H3;6*1H/b4-3+,10-9+;9-8+;11-10+;;;;;;. The summed E-state index contributed by atoms with van der Waals surface area (Å²) in [5.41, 5.74) is 5.91. The highest BCUT2D eigenvalue weighted by molar-refractivity contribution is 5.31. The average molecular weight is 984 g/mol. The Morgan fingerprint density at radius 2 is 0.556 bits per heavy atom. The minimum absolute atomic E-state index is 0. The van der Waals surface area contributed by atoms with E-state index >= 15 is 0 Å². The predicted molar refractivity (Wildman–Crippen MR) is 323 cm³/mol. The Morgan fingerprint density at radius 1 is 0.333 bits per heavy atom. The second kappa shape index (κ2) is 30.2. The maximum atomic E-state index is 5.27. The molecule has 0 heterocycles. The van der Waals surface area contributed by atoms with Crippen molar-refractivity contribution in [3.63, 3.8) is 0 Å². The van der Waals surface area contributed by atoms with Crippen LogP contribution >= 0.6 is 0 Å². The molecule has 0 radical (unpaired) electrons. The highest BCUT2D eigenvalue weighted by atomic mass is 16.5. The lowest BCUT2D eigenvalue weighted by molar-refractivity contribution is 0.348. The van der Waals surface area contributed by atoms with Gasteiger partial charge in [0.2, 0.25) is 0 Å². The van der Waals surface area contributed by atoms with E-state index in [0.29, 0.717) is 0 Å². The molecule has 0 N–H and O–H groups in total. The third-order valence-corrected chi connectivity index (χ3v) is 18.6. The molecule has 3 aromatic rings. The number of benzene rings is 3. The molecule has 72 heavy (non-hydrogen) atoms. The smallest absolute Gasteiger partial charge is 0.118 e. The third kappa shape index (κ3) is 18.0. The maximum Gasteiger partial charge on any atom is 0.118 e. The molecule has 2 heteroatoms. The van der Waals surface area contributed by atoms with Gasteiger partial charge in [0.25, 0.3) is 0 Å². The molecule has 0 amide bonds. The Morgan fingerprint density at radius 3 is 0.792 bits per heavy atom. The van der Waals surface area contributed by atoms with Crippen LogP contribution in [-0.2, 0) is 0 Å². The number of methoxy groups -OCH3 is 2. The van der Waals surface area contributed by atoms with Gasteiger partial charge in [0.1, 0.15) is 11.5 Å². The van der Waals surface area contributed by atoms with E-state index in [2.05, 4.69) is 161 Å².